The molecule has 0 bridgehead atoms. The Kier molecular flexibility index (Phi) is 5.18. The fourth-order valence-electron chi connectivity index (χ4n) is 2.23. The van der Waals surface area contributed by atoms with Crippen molar-refractivity contribution in [1.29, 1.82) is 0 Å². The second kappa shape index (κ2) is 6.88. The highest BCUT2D eigenvalue weighted by atomic mass is 32.2. The monoisotopic (exact) mass is 282 g/mol. The third kappa shape index (κ3) is 3.68. The van der Waals surface area contributed by atoms with Gasteiger partial charge in [-0.2, -0.15) is 0 Å². The van der Waals surface area contributed by atoms with E-state index in [9.17, 15) is 10.1 Å². The third-order valence-corrected chi connectivity index (χ3v) is 4.57. The van der Waals surface area contributed by atoms with Crippen LogP contribution < -0.4 is 5.32 Å². The summed E-state index contributed by atoms with van der Waals surface area (Å²) < 4.78 is 5.40. The lowest BCUT2D eigenvalue weighted by molar-refractivity contribution is -0.387. The van der Waals surface area contributed by atoms with Gasteiger partial charge in [-0.3, -0.25) is 10.1 Å². The molecule has 0 amide bonds. The molecule has 1 aliphatic heterocycles. The van der Waals surface area contributed by atoms with Crippen LogP contribution in [0.3, 0.4) is 0 Å². The van der Waals surface area contributed by atoms with Gasteiger partial charge >= 0.3 is 0 Å². The minimum atomic E-state index is -0.324. The summed E-state index contributed by atoms with van der Waals surface area (Å²) in [6.07, 6.45) is 1.06. The lowest BCUT2D eigenvalue weighted by atomic mass is 10.0. The lowest BCUT2D eigenvalue weighted by Crippen LogP contribution is -2.36. The second-order valence-corrected chi connectivity index (χ2v) is 5.62. The van der Waals surface area contributed by atoms with Crippen LogP contribution in [-0.4, -0.2) is 37.0 Å². The SMILES string of the molecule is CNC(CSc1ccccc1[N+](=O)[O-])C1CCOC1. The summed E-state index contributed by atoms with van der Waals surface area (Å²) in [5, 5.41) is 14.2. The number of hydrogen-bond donors (Lipinski definition) is 1. The summed E-state index contributed by atoms with van der Waals surface area (Å²) in [4.78, 5) is 11.4. The molecule has 6 heteroatoms. The second-order valence-electron chi connectivity index (χ2n) is 4.55. The van der Waals surface area contributed by atoms with Crippen LogP contribution in [0.1, 0.15) is 6.42 Å². The molecule has 1 saturated heterocycles. The summed E-state index contributed by atoms with van der Waals surface area (Å²) in [6, 6.07) is 7.22. The Bertz CT molecular complexity index is 436. The Morgan fingerprint density at radius 2 is 2.37 bits per heavy atom. The topological polar surface area (TPSA) is 64.4 Å². The summed E-state index contributed by atoms with van der Waals surface area (Å²) in [6.45, 7) is 1.60. The zero-order valence-electron chi connectivity index (χ0n) is 10.9. The number of hydrogen-bond acceptors (Lipinski definition) is 5. The summed E-state index contributed by atoms with van der Waals surface area (Å²) >= 11 is 1.54. The van der Waals surface area contributed by atoms with Gasteiger partial charge in [0.2, 0.25) is 0 Å². The van der Waals surface area contributed by atoms with E-state index in [0.29, 0.717) is 12.0 Å². The zero-order chi connectivity index (χ0) is 13.7. The Hall–Kier alpha value is -1.11. The Labute approximate surface area is 116 Å². The van der Waals surface area contributed by atoms with Gasteiger partial charge in [-0.1, -0.05) is 12.1 Å². The van der Waals surface area contributed by atoms with Crippen molar-refractivity contribution in [3.05, 3.63) is 34.4 Å². The molecule has 2 rings (SSSR count). The molecule has 19 heavy (non-hydrogen) atoms. The maximum absolute atomic E-state index is 10.9. The first-order chi connectivity index (χ1) is 9.22. The van der Waals surface area contributed by atoms with Crippen LogP contribution in [-0.2, 0) is 4.74 Å². The first-order valence-electron chi connectivity index (χ1n) is 6.33. The van der Waals surface area contributed by atoms with Crippen LogP contribution in [0.25, 0.3) is 0 Å². The quantitative estimate of drug-likeness (QED) is 0.493. The maximum atomic E-state index is 10.9. The smallest absolute Gasteiger partial charge is 0.282 e. The van der Waals surface area contributed by atoms with Crippen LogP contribution in [0.4, 0.5) is 5.69 Å². The van der Waals surface area contributed by atoms with Gasteiger partial charge in [0, 0.05) is 30.4 Å². The van der Waals surface area contributed by atoms with Crippen LogP contribution in [0, 0.1) is 16.0 Å². The third-order valence-electron chi connectivity index (χ3n) is 3.39. The Morgan fingerprint density at radius 1 is 1.58 bits per heavy atom. The highest BCUT2D eigenvalue weighted by molar-refractivity contribution is 7.99. The standard InChI is InChI=1S/C13H18N2O3S/c1-14-11(10-6-7-18-8-10)9-19-13-5-3-2-4-12(13)15(16)17/h2-5,10-11,14H,6-9H2,1H3. The van der Waals surface area contributed by atoms with Crippen molar-refractivity contribution in [2.75, 3.05) is 26.0 Å². The van der Waals surface area contributed by atoms with Crippen molar-refractivity contribution in [1.82, 2.24) is 5.32 Å². The molecule has 1 aromatic rings. The van der Waals surface area contributed by atoms with E-state index in [4.69, 9.17) is 4.74 Å². The molecule has 1 heterocycles. The van der Waals surface area contributed by atoms with E-state index in [2.05, 4.69) is 5.32 Å². The number of thioether (sulfide) groups is 1. The van der Waals surface area contributed by atoms with E-state index >= 15 is 0 Å². The molecule has 2 atom stereocenters. The van der Waals surface area contributed by atoms with Crippen molar-refractivity contribution < 1.29 is 9.66 Å². The molecule has 104 valence electrons. The van der Waals surface area contributed by atoms with E-state index < -0.39 is 0 Å². The summed E-state index contributed by atoms with van der Waals surface area (Å²) in [5.74, 6) is 1.32. The number of nitro benzene ring substituents is 1. The van der Waals surface area contributed by atoms with Gasteiger partial charge in [0.15, 0.2) is 0 Å². The molecule has 5 nitrogen and oxygen atoms in total. The maximum Gasteiger partial charge on any atom is 0.282 e. The van der Waals surface area contributed by atoms with Gasteiger partial charge in [0.25, 0.3) is 5.69 Å². The highest BCUT2D eigenvalue weighted by Crippen LogP contribution is 2.30. The zero-order valence-corrected chi connectivity index (χ0v) is 11.7. The molecular formula is C13H18N2O3S. The minimum absolute atomic E-state index is 0.185. The average molecular weight is 282 g/mol. The molecule has 0 aliphatic carbocycles. The molecule has 1 fully saturated rings. The van der Waals surface area contributed by atoms with Crippen LogP contribution in [0.5, 0.6) is 0 Å². The first kappa shape index (κ1) is 14.3. The number of rotatable bonds is 6. The predicted molar refractivity (Wildman–Crippen MR) is 75.6 cm³/mol. The van der Waals surface area contributed by atoms with E-state index in [0.717, 1.165) is 30.3 Å². The van der Waals surface area contributed by atoms with Gasteiger partial charge in [-0.05, 0) is 19.5 Å². The van der Waals surface area contributed by atoms with Crippen molar-refractivity contribution in [2.45, 2.75) is 17.4 Å². The summed E-state index contributed by atoms with van der Waals surface area (Å²) in [5.41, 5.74) is 0.185. The molecule has 1 aromatic carbocycles. The first-order valence-corrected chi connectivity index (χ1v) is 7.32. The van der Waals surface area contributed by atoms with E-state index in [1.807, 2.05) is 13.1 Å². The fourth-order valence-corrected chi connectivity index (χ4v) is 3.50. The number of benzene rings is 1. The van der Waals surface area contributed by atoms with Crippen LogP contribution in [0.2, 0.25) is 0 Å². The van der Waals surface area contributed by atoms with E-state index in [1.54, 1.807) is 18.2 Å². The largest absolute Gasteiger partial charge is 0.381 e. The Balaban J connectivity index is 1.99. The lowest BCUT2D eigenvalue weighted by Gasteiger charge is -2.21. The Morgan fingerprint density at radius 3 is 3.00 bits per heavy atom. The van der Waals surface area contributed by atoms with Gasteiger partial charge in [-0.15, -0.1) is 11.8 Å². The molecule has 0 radical (unpaired) electrons. The molecule has 0 saturated carbocycles. The highest BCUT2D eigenvalue weighted by Gasteiger charge is 2.25. The molecule has 2 unspecified atom stereocenters. The number of nitro groups is 1. The van der Waals surface area contributed by atoms with Crippen LogP contribution in [0.15, 0.2) is 29.2 Å². The van der Waals surface area contributed by atoms with Crippen LogP contribution >= 0.6 is 11.8 Å². The van der Waals surface area contributed by atoms with Crippen molar-refractivity contribution in [3.8, 4) is 0 Å². The normalized spacial score (nSPS) is 20.4. The van der Waals surface area contributed by atoms with Crippen molar-refractivity contribution in [2.24, 2.45) is 5.92 Å². The van der Waals surface area contributed by atoms with Crippen molar-refractivity contribution >= 4 is 17.4 Å². The van der Waals surface area contributed by atoms with E-state index in [-0.39, 0.29) is 10.6 Å². The molecule has 1 aliphatic rings. The summed E-state index contributed by atoms with van der Waals surface area (Å²) in [7, 11) is 1.93. The van der Waals surface area contributed by atoms with Gasteiger partial charge in [-0.25, -0.2) is 0 Å². The fraction of sp³-hybridized carbons (Fsp3) is 0.538. The molecule has 0 spiro atoms. The number of para-hydroxylation sites is 1. The minimum Gasteiger partial charge on any atom is -0.381 e. The van der Waals surface area contributed by atoms with E-state index in [1.165, 1.54) is 11.8 Å². The number of nitrogens with one attached hydrogen (secondary N) is 1. The van der Waals surface area contributed by atoms with Crippen molar-refractivity contribution in [3.63, 3.8) is 0 Å². The van der Waals surface area contributed by atoms with Gasteiger partial charge < -0.3 is 10.1 Å². The predicted octanol–water partition coefficient (Wildman–Crippen LogP) is 2.31. The van der Waals surface area contributed by atoms with Gasteiger partial charge in [0.1, 0.15) is 0 Å². The average Bonchev–Trinajstić information content (AvgIpc) is 2.94. The number of ether oxygens (including phenoxy) is 1. The molecule has 1 N–H and O–H groups in total. The molecule has 0 aromatic heterocycles. The van der Waals surface area contributed by atoms with Gasteiger partial charge in [0.05, 0.1) is 16.4 Å². The number of nitrogens with zero attached hydrogens (tertiary/aromatic N) is 1. The molecular weight excluding hydrogens is 264 g/mol.